The van der Waals surface area contributed by atoms with Crippen LogP contribution in [0.15, 0.2) is 35.2 Å². The SMILES string of the molecule is O=S(=O)(Cl)c1cccc2ccc(Cl)nc12. The molecular formula is C9H5Cl2NO2S. The molecule has 0 saturated heterocycles. The first-order valence-corrected chi connectivity index (χ1v) is 6.67. The van der Waals surface area contributed by atoms with Crippen LogP contribution in [0.1, 0.15) is 0 Å². The number of nitrogens with zero attached hydrogens (tertiary/aromatic N) is 1. The van der Waals surface area contributed by atoms with Crippen LogP contribution in [0.4, 0.5) is 0 Å². The third-order valence-corrected chi connectivity index (χ3v) is 3.48. The van der Waals surface area contributed by atoms with Crippen molar-refractivity contribution in [2.24, 2.45) is 0 Å². The molecule has 0 atom stereocenters. The van der Waals surface area contributed by atoms with Crippen LogP contribution in [0.5, 0.6) is 0 Å². The molecule has 0 aliphatic rings. The molecule has 1 aromatic carbocycles. The Kier molecular flexibility index (Phi) is 2.58. The van der Waals surface area contributed by atoms with Gasteiger partial charge in [-0.15, -0.1) is 0 Å². The minimum Gasteiger partial charge on any atom is -0.235 e. The summed E-state index contributed by atoms with van der Waals surface area (Å²) in [5, 5.41) is 0.913. The minimum atomic E-state index is -3.80. The molecule has 6 heteroatoms. The van der Waals surface area contributed by atoms with E-state index in [1.54, 1.807) is 24.3 Å². The molecule has 0 aliphatic carbocycles. The lowest BCUT2D eigenvalue weighted by Crippen LogP contribution is -1.93. The van der Waals surface area contributed by atoms with Crippen molar-refractivity contribution in [3.63, 3.8) is 0 Å². The van der Waals surface area contributed by atoms with E-state index in [2.05, 4.69) is 4.98 Å². The molecule has 78 valence electrons. The first kappa shape index (κ1) is 10.7. The summed E-state index contributed by atoms with van der Waals surface area (Å²) in [6.45, 7) is 0. The molecule has 0 unspecified atom stereocenters. The molecule has 0 amide bonds. The van der Waals surface area contributed by atoms with E-state index in [1.807, 2.05) is 0 Å². The third-order valence-electron chi connectivity index (χ3n) is 1.91. The first-order chi connectivity index (χ1) is 6.98. The van der Waals surface area contributed by atoms with Crippen LogP contribution >= 0.6 is 22.3 Å². The lowest BCUT2D eigenvalue weighted by molar-refractivity contribution is 0.610. The fourth-order valence-corrected chi connectivity index (χ4v) is 2.45. The molecule has 0 fully saturated rings. The van der Waals surface area contributed by atoms with Crippen molar-refractivity contribution in [2.45, 2.75) is 4.90 Å². The van der Waals surface area contributed by atoms with Gasteiger partial charge >= 0.3 is 0 Å². The Hall–Kier alpha value is -0.840. The fourth-order valence-electron chi connectivity index (χ4n) is 1.29. The number of halogens is 2. The molecule has 2 rings (SSSR count). The molecule has 1 heterocycles. The average Bonchev–Trinajstić information content (AvgIpc) is 2.15. The molecule has 0 N–H and O–H groups in total. The second-order valence-electron chi connectivity index (χ2n) is 2.90. The van der Waals surface area contributed by atoms with E-state index in [0.29, 0.717) is 10.9 Å². The van der Waals surface area contributed by atoms with Gasteiger partial charge in [-0.25, -0.2) is 13.4 Å². The summed E-state index contributed by atoms with van der Waals surface area (Å²) in [5.74, 6) is 0. The predicted molar refractivity (Wildman–Crippen MR) is 59.8 cm³/mol. The summed E-state index contributed by atoms with van der Waals surface area (Å²) < 4.78 is 22.5. The van der Waals surface area contributed by atoms with E-state index in [-0.39, 0.29) is 10.0 Å². The second-order valence-corrected chi connectivity index (χ2v) is 5.82. The topological polar surface area (TPSA) is 47.0 Å². The summed E-state index contributed by atoms with van der Waals surface area (Å²) in [6.07, 6.45) is 0. The predicted octanol–water partition coefficient (Wildman–Crippen LogP) is 2.82. The van der Waals surface area contributed by atoms with Gasteiger partial charge in [0.25, 0.3) is 9.05 Å². The van der Waals surface area contributed by atoms with E-state index in [1.165, 1.54) is 6.07 Å². The summed E-state index contributed by atoms with van der Waals surface area (Å²) in [6, 6.07) is 8.02. The van der Waals surface area contributed by atoms with Gasteiger partial charge in [-0.05, 0) is 18.2 Å². The van der Waals surface area contributed by atoms with Crippen LogP contribution in [0.3, 0.4) is 0 Å². The maximum atomic E-state index is 11.2. The van der Waals surface area contributed by atoms with Crippen LogP contribution in [0.2, 0.25) is 5.15 Å². The molecular weight excluding hydrogens is 257 g/mol. The Morgan fingerprint density at radius 1 is 1.13 bits per heavy atom. The molecule has 3 nitrogen and oxygen atoms in total. The van der Waals surface area contributed by atoms with Crippen LogP contribution in [0.25, 0.3) is 10.9 Å². The van der Waals surface area contributed by atoms with Gasteiger partial charge in [0.15, 0.2) is 0 Å². The van der Waals surface area contributed by atoms with Gasteiger partial charge in [0.05, 0.1) is 5.52 Å². The monoisotopic (exact) mass is 261 g/mol. The first-order valence-electron chi connectivity index (χ1n) is 3.98. The zero-order valence-electron chi connectivity index (χ0n) is 7.31. The summed E-state index contributed by atoms with van der Waals surface area (Å²) >= 11 is 5.69. The third kappa shape index (κ3) is 2.07. The highest BCUT2D eigenvalue weighted by Gasteiger charge is 2.14. The number of benzene rings is 1. The summed E-state index contributed by atoms with van der Waals surface area (Å²) in [7, 11) is 1.48. The average molecular weight is 262 g/mol. The molecule has 0 bridgehead atoms. The molecule has 2 aromatic rings. The van der Waals surface area contributed by atoms with Crippen molar-refractivity contribution in [2.75, 3.05) is 0 Å². The van der Waals surface area contributed by atoms with E-state index in [4.69, 9.17) is 22.3 Å². The molecule has 0 aliphatic heterocycles. The maximum Gasteiger partial charge on any atom is 0.263 e. The number of aromatic nitrogens is 1. The fraction of sp³-hybridized carbons (Fsp3) is 0. The van der Waals surface area contributed by atoms with Crippen LogP contribution in [-0.4, -0.2) is 13.4 Å². The Morgan fingerprint density at radius 2 is 1.87 bits per heavy atom. The highest BCUT2D eigenvalue weighted by Crippen LogP contribution is 2.25. The van der Waals surface area contributed by atoms with Crippen molar-refractivity contribution in [3.05, 3.63) is 35.5 Å². The largest absolute Gasteiger partial charge is 0.263 e. The zero-order chi connectivity index (χ0) is 11.1. The minimum absolute atomic E-state index is 0.0239. The Labute approximate surface area is 96.1 Å². The van der Waals surface area contributed by atoms with Gasteiger partial charge in [0.2, 0.25) is 0 Å². The number of hydrogen-bond donors (Lipinski definition) is 0. The zero-order valence-corrected chi connectivity index (χ0v) is 9.64. The number of pyridine rings is 1. The van der Waals surface area contributed by atoms with E-state index < -0.39 is 9.05 Å². The Balaban J connectivity index is 2.92. The van der Waals surface area contributed by atoms with Gasteiger partial charge in [-0.3, -0.25) is 0 Å². The van der Waals surface area contributed by atoms with Crippen molar-refractivity contribution in [1.82, 2.24) is 4.98 Å². The van der Waals surface area contributed by atoms with Gasteiger partial charge < -0.3 is 0 Å². The van der Waals surface area contributed by atoms with Gasteiger partial charge in [0, 0.05) is 16.1 Å². The molecule has 0 spiro atoms. The van der Waals surface area contributed by atoms with Gasteiger partial charge in [-0.1, -0.05) is 23.7 Å². The number of fused-ring (bicyclic) bond motifs is 1. The highest BCUT2D eigenvalue weighted by molar-refractivity contribution is 8.14. The number of rotatable bonds is 1. The normalized spacial score (nSPS) is 11.9. The quantitative estimate of drug-likeness (QED) is 0.586. The van der Waals surface area contributed by atoms with E-state index in [0.717, 1.165) is 0 Å². The second kappa shape index (κ2) is 3.63. The van der Waals surface area contributed by atoms with Crippen LogP contribution < -0.4 is 0 Å². The van der Waals surface area contributed by atoms with E-state index in [9.17, 15) is 8.42 Å². The Morgan fingerprint density at radius 3 is 2.53 bits per heavy atom. The smallest absolute Gasteiger partial charge is 0.235 e. The lowest BCUT2D eigenvalue weighted by Gasteiger charge is -2.02. The molecule has 0 saturated carbocycles. The van der Waals surface area contributed by atoms with Gasteiger partial charge in [-0.2, -0.15) is 0 Å². The van der Waals surface area contributed by atoms with Crippen molar-refractivity contribution in [3.8, 4) is 0 Å². The van der Waals surface area contributed by atoms with Crippen molar-refractivity contribution >= 4 is 42.2 Å². The molecule has 0 radical (unpaired) electrons. The highest BCUT2D eigenvalue weighted by atomic mass is 35.7. The van der Waals surface area contributed by atoms with Crippen molar-refractivity contribution in [1.29, 1.82) is 0 Å². The number of para-hydroxylation sites is 1. The van der Waals surface area contributed by atoms with Crippen LogP contribution in [-0.2, 0) is 9.05 Å². The van der Waals surface area contributed by atoms with Crippen molar-refractivity contribution < 1.29 is 8.42 Å². The summed E-state index contributed by atoms with van der Waals surface area (Å²) in [4.78, 5) is 3.92. The summed E-state index contributed by atoms with van der Waals surface area (Å²) in [5.41, 5.74) is 0.292. The van der Waals surface area contributed by atoms with Crippen LogP contribution in [0, 0.1) is 0 Å². The molecule has 1 aromatic heterocycles. The maximum absolute atomic E-state index is 11.2. The Bertz CT molecular complexity index is 625. The lowest BCUT2D eigenvalue weighted by atomic mass is 10.2. The van der Waals surface area contributed by atoms with E-state index >= 15 is 0 Å². The standard InChI is InChI=1S/C9H5Cl2NO2S/c10-8-5-4-6-2-1-3-7(9(6)12-8)15(11,13)14/h1-5H. The number of hydrogen-bond acceptors (Lipinski definition) is 3. The van der Waals surface area contributed by atoms with Gasteiger partial charge in [0.1, 0.15) is 10.0 Å². The molecule has 15 heavy (non-hydrogen) atoms.